The first kappa shape index (κ1) is 28.5. The lowest BCUT2D eigenvalue weighted by molar-refractivity contribution is 0.00797. The van der Waals surface area contributed by atoms with E-state index in [0.717, 1.165) is 51.6 Å². The number of carbonyl (C=O) groups is 1. The minimum atomic E-state index is -4.28. The van der Waals surface area contributed by atoms with Crippen LogP contribution in [0.15, 0.2) is 0 Å². The van der Waals surface area contributed by atoms with Crippen LogP contribution in [0.4, 0.5) is 4.79 Å². The van der Waals surface area contributed by atoms with E-state index < -0.39 is 26.0 Å². The van der Waals surface area contributed by atoms with Gasteiger partial charge in [-0.3, -0.25) is 9.46 Å². The summed E-state index contributed by atoms with van der Waals surface area (Å²) >= 11 is 0. The number of rotatable bonds is 18. The molecule has 3 aliphatic rings. The first-order chi connectivity index (χ1) is 15.9. The van der Waals surface area contributed by atoms with Gasteiger partial charge in [0.05, 0.1) is 24.7 Å². The number of hydrogen-bond acceptors (Lipinski definition) is 5. The Labute approximate surface area is 201 Å². The van der Waals surface area contributed by atoms with Gasteiger partial charge in [0, 0.05) is 19.5 Å². The zero-order valence-electron chi connectivity index (χ0n) is 20.7. The third-order valence-corrected chi connectivity index (χ3v) is 7.89. The molecule has 3 heterocycles. The van der Waals surface area contributed by atoms with Gasteiger partial charge in [0.1, 0.15) is 25.4 Å². The Bertz CT molecular complexity index is 575. The van der Waals surface area contributed by atoms with Crippen LogP contribution in [0.3, 0.4) is 0 Å². The van der Waals surface area contributed by atoms with E-state index in [-0.39, 0.29) is 6.04 Å². The molecule has 3 saturated heterocycles. The van der Waals surface area contributed by atoms with Crippen LogP contribution in [-0.4, -0.2) is 58.8 Å². The Morgan fingerprint density at radius 1 is 0.970 bits per heavy atom. The van der Waals surface area contributed by atoms with Crippen molar-refractivity contribution in [2.45, 2.75) is 122 Å². The normalized spacial score (nSPS) is 21.2. The molecule has 2 atom stereocenters. The van der Waals surface area contributed by atoms with Crippen molar-refractivity contribution in [2.75, 3.05) is 25.9 Å². The molecule has 0 unspecified atom stereocenters. The molecule has 2 bridgehead atoms. The first-order valence-electron chi connectivity index (χ1n) is 13.3. The highest BCUT2D eigenvalue weighted by Crippen LogP contribution is 2.40. The van der Waals surface area contributed by atoms with Crippen LogP contribution in [0.1, 0.15) is 110 Å². The molecule has 0 aromatic rings. The van der Waals surface area contributed by atoms with Crippen LogP contribution in [0.2, 0.25) is 0 Å². The topological polar surface area (TPSA) is 96.3 Å². The van der Waals surface area contributed by atoms with E-state index in [1.807, 2.05) is 0 Å². The van der Waals surface area contributed by atoms with Crippen LogP contribution in [0, 0.1) is 5.92 Å². The van der Waals surface area contributed by atoms with Gasteiger partial charge in [-0.2, -0.15) is 0 Å². The molecule has 0 aromatic heterocycles. The number of unbranched alkanes of at least 4 members (excludes halogenated alkanes) is 11. The Hall–Kier alpha value is -0.750. The van der Waals surface area contributed by atoms with E-state index in [4.69, 9.17) is 9.47 Å². The number of fused-ring (bicyclic) bond motifs is 3. The lowest BCUT2D eigenvalue weighted by atomic mass is 9.81. The molecule has 0 aromatic carbocycles. The maximum absolute atomic E-state index is 12.1. The van der Waals surface area contributed by atoms with Gasteiger partial charge < -0.3 is 19.3 Å². The van der Waals surface area contributed by atoms with Crippen molar-refractivity contribution in [3.63, 3.8) is 0 Å². The van der Waals surface area contributed by atoms with Crippen LogP contribution in [-0.2, 0) is 14.0 Å². The maximum Gasteiger partial charge on any atom is 0.508 e. The predicted octanol–water partition coefficient (Wildman–Crippen LogP) is 6.22. The Balaban J connectivity index is 1.53. The van der Waals surface area contributed by atoms with Gasteiger partial charge in [-0.15, -0.1) is 0 Å². The summed E-state index contributed by atoms with van der Waals surface area (Å²) in [6, 6.07) is 0.197. The first-order valence-corrected chi connectivity index (χ1v) is 15.1. The lowest BCUT2D eigenvalue weighted by Crippen LogP contribution is -2.49. The van der Waals surface area contributed by atoms with Crippen molar-refractivity contribution in [3.05, 3.63) is 5.92 Å². The van der Waals surface area contributed by atoms with E-state index in [2.05, 4.69) is 11.8 Å². The molecular weight excluding hydrogens is 441 g/mol. The van der Waals surface area contributed by atoms with Crippen molar-refractivity contribution in [1.82, 2.24) is 4.90 Å². The highest BCUT2D eigenvalue weighted by molar-refractivity contribution is 7.51. The maximum atomic E-state index is 12.1. The molecule has 7 nitrogen and oxygen atoms in total. The molecule has 3 fully saturated rings. The molecule has 0 radical (unpaired) electrons. The van der Waals surface area contributed by atoms with Crippen molar-refractivity contribution >= 4 is 13.8 Å². The fourth-order valence-corrected chi connectivity index (χ4v) is 5.86. The number of ether oxygens (including phenoxy) is 2. The molecule has 0 aliphatic carbocycles. The summed E-state index contributed by atoms with van der Waals surface area (Å²) in [5.41, 5.74) is 0. The molecule has 8 heteroatoms. The summed E-state index contributed by atoms with van der Waals surface area (Å²) in [5, 5.41) is 0. The van der Waals surface area contributed by atoms with Gasteiger partial charge in [-0.1, -0.05) is 77.6 Å². The van der Waals surface area contributed by atoms with Gasteiger partial charge in [0.2, 0.25) is 0 Å². The van der Waals surface area contributed by atoms with Crippen molar-refractivity contribution in [1.29, 1.82) is 0 Å². The Morgan fingerprint density at radius 2 is 1.52 bits per heavy atom. The highest BCUT2D eigenvalue weighted by atomic mass is 31.2. The summed E-state index contributed by atoms with van der Waals surface area (Å²) in [5.74, 6) is 1.52. The van der Waals surface area contributed by atoms with E-state index in [0.29, 0.717) is 13.0 Å². The van der Waals surface area contributed by atoms with Gasteiger partial charge in [-0.25, -0.2) is 4.79 Å². The average Bonchev–Trinajstić information content (AvgIpc) is 2.76. The lowest BCUT2D eigenvalue weighted by Gasteiger charge is -2.40. The number of hydrogen-bond donors (Lipinski definition) is 2. The quantitative estimate of drug-likeness (QED) is 0.102. The van der Waals surface area contributed by atoms with E-state index in [9.17, 15) is 19.1 Å². The predicted molar refractivity (Wildman–Crippen MR) is 131 cm³/mol. The Kier molecular flexibility index (Phi) is 13.8. The average molecular weight is 489 g/mol. The standard InChI is InChI=1S/C25H46NO6P/c1-2-3-4-5-6-7-8-9-10-11-12-13-18-31-25(27)32-24(21-33(28,29)30)20-23-19-22-14-16-26(23)17-15-22/h23-24H,2-21H2,1H3,(H-,28,29,30)/p+1/t23-,24-/m1/s1. The van der Waals surface area contributed by atoms with Crippen LogP contribution < -0.4 is 0 Å². The second-order valence-electron chi connectivity index (χ2n) is 9.95. The fourth-order valence-electron chi connectivity index (χ4n) is 5.10. The second-order valence-corrected chi connectivity index (χ2v) is 11.6. The molecular formula is C25H47NO6P+. The molecule has 2 N–H and O–H groups in total. The van der Waals surface area contributed by atoms with Crippen molar-refractivity contribution in [3.8, 4) is 0 Å². The summed E-state index contributed by atoms with van der Waals surface area (Å²) in [7, 11) is -4.28. The van der Waals surface area contributed by atoms with Gasteiger partial charge in [-0.05, 0) is 6.42 Å². The molecule has 0 amide bonds. The van der Waals surface area contributed by atoms with Crippen molar-refractivity contribution in [2.24, 2.45) is 0 Å². The number of nitrogens with zero attached hydrogens (tertiary/aromatic N) is 1. The summed E-state index contributed by atoms with van der Waals surface area (Å²) < 4.78 is 22.1. The van der Waals surface area contributed by atoms with Crippen LogP contribution >= 0.6 is 7.60 Å². The zero-order chi connectivity index (χ0) is 23.9. The molecule has 192 valence electrons. The molecule has 0 saturated carbocycles. The van der Waals surface area contributed by atoms with Gasteiger partial charge in [0.25, 0.3) is 0 Å². The van der Waals surface area contributed by atoms with E-state index in [1.165, 1.54) is 63.7 Å². The number of piperidine rings is 3. The fraction of sp³-hybridized carbons (Fsp3) is 0.920. The van der Waals surface area contributed by atoms with Gasteiger partial charge >= 0.3 is 13.8 Å². The molecule has 3 aliphatic heterocycles. The second kappa shape index (κ2) is 16.0. The molecule has 33 heavy (non-hydrogen) atoms. The Morgan fingerprint density at radius 3 is 2.00 bits per heavy atom. The number of carbonyl (C=O) groups excluding carboxylic acids is 1. The summed E-state index contributed by atoms with van der Waals surface area (Å²) in [6.07, 6.45) is 16.4. The SMILES string of the molecule is CCCCCCCCCCCCCCOC(=O)O[C@H](C[C@H]1C[C+]2CCN1CC2)CP(=O)(O)O. The highest BCUT2D eigenvalue weighted by Gasteiger charge is 2.43. The monoisotopic (exact) mass is 488 g/mol. The third kappa shape index (κ3) is 13.1. The summed E-state index contributed by atoms with van der Waals surface area (Å²) in [4.78, 5) is 33.3. The summed E-state index contributed by atoms with van der Waals surface area (Å²) in [6.45, 7) is 4.53. The minimum absolute atomic E-state index is 0.197. The zero-order valence-corrected chi connectivity index (χ0v) is 21.6. The van der Waals surface area contributed by atoms with Crippen LogP contribution in [0.25, 0.3) is 0 Å². The van der Waals surface area contributed by atoms with Crippen molar-refractivity contribution < 1.29 is 28.6 Å². The van der Waals surface area contributed by atoms with Gasteiger partial charge in [0.15, 0.2) is 0 Å². The van der Waals surface area contributed by atoms with Crippen LogP contribution in [0.5, 0.6) is 0 Å². The largest absolute Gasteiger partial charge is 0.508 e. The molecule has 0 spiro atoms. The minimum Gasteiger partial charge on any atom is -0.434 e. The van der Waals surface area contributed by atoms with E-state index in [1.54, 1.807) is 0 Å². The smallest absolute Gasteiger partial charge is 0.434 e. The third-order valence-electron chi connectivity index (χ3n) is 7.00. The molecule has 3 rings (SSSR count). The van der Waals surface area contributed by atoms with E-state index >= 15 is 0 Å².